The van der Waals surface area contributed by atoms with Gasteiger partial charge >= 0.3 is 0 Å². The maximum absolute atomic E-state index is 12.4. The number of carbonyl (C=O) groups excluding carboxylic acids is 2. The van der Waals surface area contributed by atoms with Crippen LogP contribution in [0.3, 0.4) is 0 Å². The molecule has 0 atom stereocenters. The summed E-state index contributed by atoms with van der Waals surface area (Å²) in [5.74, 6) is -0.436. The summed E-state index contributed by atoms with van der Waals surface area (Å²) < 4.78 is 5.24. The molecule has 0 bridgehead atoms. The minimum atomic E-state index is -0.938. The van der Waals surface area contributed by atoms with Gasteiger partial charge in [0.1, 0.15) is 5.54 Å². The molecule has 0 radical (unpaired) electrons. The summed E-state index contributed by atoms with van der Waals surface area (Å²) in [5, 5.41) is 2.79. The van der Waals surface area contributed by atoms with Crippen LogP contribution in [0.15, 0.2) is 24.3 Å². The fraction of sp³-hybridized carbons (Fsp3) is 0.467. The van der Waals surface area contributed by atoms with E-state index in [1.54, 1.807) is 38.4 Å². The number of ether oxygens (including phenoxy) is 1. The molecule has 2 amide bonds. The SMILES string of the molecule is CN(C)C(=O)c1ccccc1NC(=O)C1(N)CCOCC1. The highest BCUT2D eigenvalue weighted by Crippen LogP contribution is 2.22. The van der Waals surface area contributed by atoms with Crippen molar-refractivity contribution in [2.24, 2.45) is 5.73 Å². The number of amides is 2. The molecule has 1 aromatic rings. The molecule has 2 rings (SSSR count). The minimum absolute atomic E-state index is 0.163. The molecule has 3 N–H and O–H groups in total. The van der Waals surface area contributed by atoms with Crippen molar-refractivity contribution in [2.45, 2.75) is 18.4 Å². The number of hydrogen-bond acceptors (Lipinski definition) is 4. The van der Waals surface area contributed by atoms with Gasteiger partial charge in [0.15, 0.2) is 0 Å². The Labute approximate surface area is 124 Å². The van der Waals surface area contributed by atoms with E-state index in [2.05, 4.69) is 5.32 Å². The second kappa shape index (κ2) is 6.24. The third kappa shape index (κ3) is 3.40. The summed E-state index contributed by atoms with van der Waals surface area (Å²) >= 11 is 0. The molecule has 114 valence electrons. The Morgan fingerprint density at radius 1 is 1.24 bits per heavy atom. The lowest BCUT2D eigenvalue weighted by atomic mass is 9.90. The molecule has 1 saturated heterocycles. The summed E-state index contributed by atoms with van der Waals surface area (Å²) in [6, 6.07) is 6.93. The predicted molar refractivity (Wildman–Crippen MR) is 80.1 cm³/mol. The van der Waals surface area contributed by atoms with Gasteiger partial charge in [0.25, 0.3) is 5.91 Å². The van der Waals surface area contributed by atoms with Crippen LogP contribution in [0.4, 0.5) is 5.69 Å². The molecule has 1 aliphatic heterocycles. The Hall–Kier alpha value is -1.92. The highest BCUT2D eigenvalue weighted by Gasteiger charge is 2.36. The van der Waals surface area contributed by atoms with Gasteiger partial charge in [-0.05, 0) is 25.0 Å². The zero-order valence-electron chi connectivity index (χ0n) is 12.4. The van der Waals surface area contributed by atoms with E-state index in [9.17, 15) is 9.59 Å². The molecule has 6 nitrogen and oxygen atoms in total. The van der Waals surface area contributed by atoms with E-state index in [1.807, 2.05) is 0 Å². The van der Waals surface area contributed by atoms with Crippen molar-refractivity contribution >= 4 is 17.5 Å². The molecule has 1 aliphatic rings. The molecule has 0 spiro atoms. The van der Waals surface area contributed by atoms with Gasteiger partial charge in [0.05, 0.1) is 11.3 Å². The zero-order valence-corrected chi connectivity index (χ0v) is 12.4. The van der Waals surface area contributed by atoms with Gasteiger partial charge in [0, 0.05) is 27.3 Å². The number of hydrogen-bond donors (Lipinski definition) is 2. The molecule has 6 heteroatoms. The van der Waals surface area contributed by atoms with E-state index >= 15 is 0 Å². The van der Waals surface area contributed by atoms with E-state index in [1.165, 1.54) is 4.90 Å². The first-order valence-corrected chi connectivity index (χ1v) is 6.93. The summed E-state index contributed by atoms with van der Waals surface area (Å²) in [6.45, 7) is 0.949. The number of anilines is 1. The van der Waals surface area contributed by atoms with Gasteiger partial charge in [-0.15, -0.1) is 0 Å². The van der Waals surface area contributed by atoms with Crippen molar-refractivity contribution in [1.82, 2.24) is 4.90 Å². The first-order valence-electron chi connectivity index (χ1n) is 6.93. The quantitative estimate of drug-likeness (QED) is 0.864. The minimum Gasteiger partial charge on any atom is -0.381 e. The maximum Gasteiger partial charge on any atom is 0.255 e. The molecule has 0 aliphatic carbocycles. The Balaban J connectivity index is 2.19. The number of nitrogens with zero attached hydrogens (tertiary/aromatic N) is 1. The van der Waals surface area contributed by atoms with Crippen molar-refractivity contribution in [2.75, 3.05) is 32.6 Å². The highest BCUT2D eigenvalue weighted by molar-refractivity contribution is 6.05. The molecule has 1 aromatic carbocycles. The molecule has 21 heavy (non-hydrogen) atoms. The van der Waals surface area contributed by atoms with Crippen LogP contribution in [0.25, 0.3) is 0 Å². The monoisotopic (exact) mass is 291 g/mol. The smallest absolute Gasteiger partial charge is 0.255 e. The Kier molecular flexibility index (Phi) is 4.59. The number of carbonyl (C=O) groups is 2. The number of para-hydroxylation sites is 1. The molecule has 1 heterocycles. The van der Waals surface area contributed by atoms with Gasteiger partial charge in [-0.2, -0.15) is 0 Å². The van der Waals surface area contributed by atoms with Crippen LogP contribution in [0, 0.1) is 0 Å². The number of nitrogens with one attached hydrogen (secondary N) is 1. The second-order valence-corrected chi connectivity index (χ2v) is 5.47. The summed E-state index contributed by atoms with van der Waals surface area (Å²) in [5.41, 5.74) is 6.15. The molecular formula is C15H21N3O3. The van der Waals surface area contributed by atoms with E-state index in [-0.39, 0.29) is 11.8 Å². The van der Waals surface area contributed by atoms with Crippen LogP contribution in [-0.4, -0.2) is 49.6 Å². The lowest BCUT2D eigenvalue weighted by Gasteiger charge is -2.32. The average Bonchev–Trinajstić information content (AvgIpc) is 2.47. The van der Waals surface area contributed by atoms with Gasteiger partial charge in [-0.1, -0.05) is 12.1 Å². The third-order valence-corrected chi connectivity index (χ3v) is 3.65. The summed E-state index contributed by atoms with van der Waals surface area (Å²) in [7, 11) is 3.34. The first kappa shape index (κ1) is 15.5. The molecule has 0 unspecified atom stereocenters. The molecule has 0 aromatic heterocycles. The Morgan fingerprint density at radius 2 is 1.86 bits per heavy atom. The number of benzene rings is 1. The average molecular weight is 291 g/mol. The topological polar surface area (TPSA) is 84.7 Å². The number of nitrogens with two attached hydrogens (primary N) is 1. The summed E-state index contributed by atoms with van der Waals surface area (Å²) in [6.07, 6.45) is 0.950. The number of rotatable bonds is 3. The van der Waals surface area contributed by atoms with E-state index in [0.29, 0.717) is 37.3 Å². The van der Waals surface area contributed by atoms with Gasteiger partial charge < -0.3 is 20.7 Å². The van der Waals surface area contributed by atoms with Crippen molar-refractivity contribution in [3.05, 3.63) is 29.8 Å². The lowest BCUT2D eigenvalue weighted by Crippen LogP contribution is -2.54. The van der Waals surface area contributed by atoms with Gasteiger partial charge in [0.2, 0.25) is 5.91 Å². The van der Waals surface area contributed by atoms with Crippen LogP contribution in [-0.2, 0) is 9.53 Å². The molecule has 0 saturated carbocycles. The van der Waals surface area contributed by atoms with E-state index in [4.69, 9.17) is 10.5 Å². The largest absolute Gasteiger partial charge is 0.381 e. The maximum atomic E-state index is 12.4. The van der Waals surface area contributed by atoms with Crippen molar-refractivity contribution < 1.29 is 14.3 Å². The fourth-order valence-electron chi connectivity index (χ4n) is 2.23. The van der Waals surface area contributed by atoms with Crippen molar-refractivity contribution in [1.29, 1.82) is 0 Å². The molecule has 1 fully saturated rings. The van der Waals surface area contributed by atoms with Crippen molar-refractivity contribution in [3.63, 3.8) is 0 Å². The van der Waals surface area contributed by atoms with Gasteiger partial charge in [-0.3, -0.25) is 9.59 Å². The standard InChI is InChI=1S/C15H21N3O3/c1-18(2)13(19)11-5-3-4-6-12(11)17-14(20)15(16)7-9-21-10-8-15/h3-6H,7-10,16H2,1-2H3,(H,17,20). The van der Waals surface area contributed by atoms with Crippen LogP contribution >= 0.6 is 0 Å². The van der Waals surface area contributed by atoms with Crippen LogP contribution in [0.2, 0.25) is 0 Å². The van der Waals surface area contributed by atoms with Crippen molar-refractivity contribution in [3.8, 4) is 0 Å². The van der Waals surface area contributed by atoms with Crippen LogP contribution in [0.1, 0.15) is 23.2 Å². The summed E-state index contributed by atoms with van der Waals surface area (Å²) in [4.78, 5) is 26.0. The van der Waals surface area contributed by atoms with E-state index in [0.717, 1.165) is 0 Å². The van der Waals surface area contributed by atoms with Crippen LogP contribution in [0.5, 0.6) is 0 Å². The Morgan fingerprint density at radius 3 is 2.48 bits per heavy atom. The first-order chi connectivity index (χ1) is 9.94. The lowest BCUT2D eigenvalue weighted by molar-refractivity contribution is -0.124. The predicted octanol–water partition coefficient (Wildman–Crippen LogP) is 0.835. The Bertz CT molecular complexity index is 537. The molecular weight excluding hydrogens is 270 g/mol. The fourth-order valence-corrected chi connectivity index (χ4v) is 2.23. The highest BCUT2D eigenvalue weighted by atomic mass is 16.5. The van der Waals surface area contributed by atoms with Gasteiger partial charge in [-0.25, -0.2) is 0 Å². The zero-order chi connectivity index (χ0) is 15.5. The van der Waals surface area contributed by atoms with Crippen LogP contribution < -0.4 is 11.1 Å². The third-order valence-electron chi connectivity index (χ3n) is 3.65. The second-order valence-electron chi connectivity index (χ2n) is 5.47. The van der Waals surface area contributed by atoms with E-state index < -0.39 is 5.54 Å². The normalized spacial score (nSPS) is 17.1.